The summed E-state index contributed by atoms with van der Waals surface area (Å²) < 4.78 is 40.5. The second-order valence-electron chi connectivity index (χ2n) is 3.48. The van der Waals surface area contributed by atoms with Gasteiger partial charge in [-0.1, -0.05) is 30.3 Å². The number of hydrogen-bond acceptors (Lipinski definition) is 1. The molecule has 1 nitrogen and oxygen atoms in total. The van der Waals surface area contributed by atoms with E-state index in [2.05, 4.69) is 4.74 Å². The lowest BCUT2D eigenvalue weighted by Crippen LogP contribution is -2.17. The molecule has 0 bridgehead atoms. The first kappa shape index (κ1) is 10.8. The van der Waals surface area contributed by atoms with Crippen molar-refractivity contribution in [2.75, 3.05) is 0 Å². The molecule has 0 aliphatic heterocycles. The second kappa shape index (κ2) is 3.70. The molecule has 0 aliphatic carbocycles. The fourth-order valence-electron chi connectivity index (χ4n) is 1.70. The molecule has 0 saturated carbocycles. The van der Waals surface area contributed by atoms with Crippen LogP contribution in [0, 0.1) is 6.92 Å². The van der Waals surface area contributed by atoms with Crippen molar-refractivity contribution in [2.45, 2.75) is 13.3 Å². The first-order chi connectivity index (χ1) is 7.47. The van der Waals surface area contributed by atoms with Crippen LogP contribution in [0.4, 0.5) is 13.2 Å². The van der Waals surface area contributed by atoms with Crippen LogP contribution in [0.5, 0.6) is 5.75 Å². The van der Waals surface area contributed by atoms with Gasteiger partial charge in [-0.2, -0.15) is 0 Å². The number of ether oxygens (including phenoxy) is 1. The SMILES string of the molecule is Cc1cccc2cccc(OC(F)(F)F)c12. The van der Waals surface area contributed by atoms with E-state index in [4.69, 9.17) is 0 Å². The topological polar surface area (TPSA) is 9.23 Å². The monoisotopic (exact) mass is 226 g/mol. The van der Waals surface area contributed by atoms with Gasteiger partial charge in [0, 0.05) is 5.39 Å². The standard InChI is InChI=1S/C12H9F3O/c1-8-4-2-5-9-6-3-7-10(11(8)9)16-12(13,14)15/h2-7H,1H3. The molecule has 0 amide bonds. The van der Waals surface area contributed by atoms with E-state index in [-0.39, 0.29) is 5.75 Å². The Kier molecular flexibility index (Phi) is 2.50. The second-order valence-corrected chi connectivity index (χ2v) is 3.48. The highest BCUT2D eigenvalue weighted by Gasteiger charge is 2.31. The predicted molar refractivity (Wildman–Crippen MR) is 55.4 cm³/mol. The molecule has 0 spiro atoms. The largest absolute Gasteiger partial charge is 0.573 e. The van der Waals surface area contributed by atoms with E-state index in [9.17, 15) is 13.2 Å². The van der Waals surface area contributed by atoms with Gasteiger partial charge in [-0.25, -0.2) is 0 Å². The Bertz CT molecular complexity index is 512. The van der Waals surface area contributed by atoms with Crippen molar-refractivity contribution >= 4 is 10.8 Å². The normalized spacial score (nSPS) is 11.8. The average molecular weight is 226 g/mol. The van der Waals surface area contributed by atoms with E-state index in [1.165, 1.54) is 6.07 Å². The van der Waals surface area contributed by atoms with Crippen LogP contribution in [0.3, 0.4) is 0 Å². The van der Waals surface area contributed by atoms with Gasteiger partial charge >= 0.3 is 6.36 Å². The minimum Gasteiger partial charge on any atom is -0.405 e. The molecule has 0 unspecified atom stereocenters. The van der Waals surface area contributed by atoms with Crippen molar-refractivity contribution in [3.05, 3.63) is 42.0 Å². The summed E-state index contributed by atoms with van der Waals surface area (Å²) in [7, 11) is 0. The zero-order valence-electron chi connectivity index (χ0n) is 8.51. The van der Waals surface area contributed by atoms with Crippen LogP contribution in [0.1, 0.15) is 5.56 Å². The van der Waals surface area contributed by atoms with Crippen LogP contribution >= 0.6 is 0 Å². The number of halogens is 3. The maximum atomic E-state index is 12.2. The van der Waals surface area contributed by atoms with Crippen molar-refractivity contribution in [1.82, 2.24) is 0 Å². The summed E-state index contributed by atoms with van der Waals surface area (Å²) in [6.07, 6.45) is -4.66. The number of aryl methyl sites for hydroxylation is 1. The molecule has 2 aromatic rings. The molecule has 2 aromatic carbocycles. The highest BCUT2D eigenvalue weighted by atomic mass is 19.4. The summed E-state index contributed by atoms with van der Waals surface area (Å²) in [5, 5.41) is 1.24. The Morgan fingerprint density at radius 3 is 2.25 bits per heavy atom. The minimum atomic E-state index is -4.66. The smallest absolute Gasteiger partial charge is 0.405 e. The third-order valence-electron chi connectivity index (χ3n) is 2.30. The third-order valence-corrected chi connectivity index (χ3v) is 2.30. The van der Waals surface area contributed by atoms with Crippen molar-refractivity contribution in [1.29, 1.82) is 0 Å². The van der Waals surface area contributed by atoms with E-state index >= 15 is 0 Å². The summed E-state index contributed by atoms with van der Waals surface area (Å²) in [6, 6.07) is 9.93. The molecule has 0 heterocycles. The highest BCUT2D eigenvalue weighted by Crippen LogP contribution is 2.32. The number of hydrogen-bond donors (Lipinski definition) is 0. The van der Waals surface area contributed by atoms with Gasteiger partial charge in [0.05, 0.1) is 0 Å². The molecule has 0 fully saturated rings. The Hall–Kier alpha value is -1.71. The fourth-order valence-corrected chi connectivity index (χ4v) is 1.70. The average Bonchev–Trinajstić information content (AvgIpc) is 2.15. The van der Waals surface area contributed by atoms with Crippen LogP contribution < -0.4 is 4.74 Å². The zero-order valence-corrected chi connectivity index (χ0v) is 8.51. The Morgan fingerprint density at radius 1 is 1.00 bits per heavy atom. The van der Waals surface area contributed by atoms with Crippen LogP contribution in [0.15, 0.2) is 36.4 Å². The summed E-state index contributed by atoms with van der Waals surface area (Å²) >= 11 is 0. The molecule has 0 aliphatic rings. The van der Waals surface area contributed by atoms with Gasteiger partial charge in [0.1, 0.15) is 5.75 Å². The van der Waals surface area contributed by atoms with Crippen LogP contribution in [-0.4, -0.2) is 6.36 Å². The number of alkyl halides is 3. The number of rotatable bonds is 1. The molecule has 0 radical (unpaired) electrons. The van der Waals surface area contributed by atoms with E-state index in [1.807, 2.05) is 0 Å². The Balaban J connectivity index is 2.61. The molecule has 0 atom stereocenters. The molecule has 4 heteroatoms. The lowest BCUT2D eigenvalue weighted by molar-refractivity contribution is -0.274. The van der Waals surface area contributed by atoms with Gasteiger partial charge in [-0.15, -0.1) is 13.2 Å². The van der Waals surface area contributed by atoms with Gasteiger partial charge in [-0.05, 0) is 23.9 Å². The minimum absolute atomic E-state index is 0.150. The lowest BCUT2D eigenvalue weighted by Gasteiger charge is -2.12. The molecule has 84 valence electrons. The Labute approximate surface area is 90.5 Å². The van der Waals surface area contributed by atoms with Gasteiger partial charge in [0.25, 0.3) is 0 Å². The quantitative estimate of drug-likeness (QED) is 0.712. The highest BCUT2D eigenvalue weighted by molar-refractivity contribution is 5.91. The van der Waals surface area contributed by atoms with E-state index in [0.717, 1.165) is 10.9 Å². The molecular weight excluding hydrogens is 217 g/mol. The molecule has 0 aromatic heterocycles. The van der Waals surface area contributed by atoms with Crippen LogP contribution in [0.25, 0.3) is 10.8 Å². The first-order valence-corrected chi connectivity index (χ1v) is 4.71. The Morgan fingerprint density at radius 2 is 1.62 bits per heavy atom. The van der Waals surface area contributed by atoms with Gasteiger partial charge in [-0.3, -0.25) is 0 Å². The van der Waals surface area contributed by atoms with Crippen LogP contribution in [-0.2, 0) is 0 Å². The molecule has 0 N–H and O–H groups in total. The maximum absolute atomic E-state index is 12.2. The molecule has 2 rings (SSSR count). The predicted octanol–water partition coefficient (Wildman–Crippen LogP) is 4.05. The fraction of sp³-hybridized carbons (Fsp3) is 0.167. The summed E-state index contributed by atoms with van der Waals surface area (Å²) in [5.74, 6) is -0.150. The van der Waals surface area contributed by atoms with E-state index in [0.29, 0.717) is 5.39 Å². The third kappa shape index (κ3) is 2.10. The van der Waals surface area contributed by atoms with Gasteiger partial charge < -0.3 is 4.74 Å². The first-order valence-electron chi connectivity index (χ1n) is 4.71. The van der Waals surface area contributed by atoms with E-state index < -0.39 is 6.36 Å². The van der Waals surface area contributed by atoms with Gasteiger partial charge in [0.2, 0.25) is 0 Å². The lowest BCUT2D eigenvalue weighted by atomic mass is 10.0. The van der Waals surface area contributed by atoms with Crippen molar-refractivity contribution in [2.24, 2.45) is 0 Å². The van der Waals surface area contributed by atoms with Crippen molar-refractivity contribution in [3.63, 3.8) is 0 Å². The summed E-state index contributed by atoms with van der Waals surface area (Å²) in [5.41, 5.74) is 0.761. The van der Waals surface area contributed by atoms with Crippen LogP contribution in [0.2, 0.25) is 0 Å². The molecular formula is C12H9F3O. The van der Waals surface area contributed by atoms with Gasteiger partial charge in [0.15, 0.2) is 0 Å². The van der Waals surface area contributed by atoms with Crippen molar-refractivity contribution < 1.29 is 17.9 Å². The maximum Gasteiger partial charge on any atom is 0.573 e. The van der Waals surface area contributed by atoms with E-state index in [1.54, 1.807) is 37.3 Å². The summed E-state index contributed by atoms with van der Waals surface area (Å²) in [4.78, 5) is 0. The molecule has 16 heavy (non-hydrogen) atoms. The molecule has 0 saturated heterocycles. The van der Waals surface area contributed by atoms with Crippen molar-refractivity contribution in [3.8, 4) is 5.75 Å². The number of benzene rings is 2. The number of fused-ring (bicyclic) bond motifs is 1. The summed E-state index contributed by atoms with van der Waals surface area (Å²) in [6.45, 7) is 1.76. The zero-order chi connectivity index (χ0) is 11.8.